The van der Waals surface area contributed by atoms with Crippen LogP contribution in [0.25, 0.3) is 0 Å². The number of nitrogens with one attached hydrogen (secondary N) is 2. The van der Waals surface area contributed by atoms with Crippen LogP contribution in [0.1, 0.15) is 18.1 Å². The van der Waals surface area contributed by atoms with Gasteiger partial charge in [-0.1, -0.05) is 12.1 Å². The fourth-order valence-corrected chi connectivity index (χ4v) is 2.88. The summed E-state index contributed by atoms with van der Waals surface area (Å²) in [6.07, 6.45) is -4.34. The molecular weight excluding hydrogens is 359 g/mol. The molecule has 150 valence electrons. The summed E-state index contributed by atoms with van der Waals surface area (Å²) in [5.74, 6) is 0.641. The van der Waals surface area contributed by atoms with E-state index in [1.807, 2.05) is 4.90 Å². The predicted molar refractivity (Wildman–Crippen MR) is 98.3 cm³/mol. The number of guanidine groups is 1. The van der Waals surface area contributed by atoms with Crippen LogP contribution in [0.5, 0.6) is 0 Å². The van der Waals surface area contributed by atoms with Crippen molar-refractivity contribution in [2.24, 2.45) is 4.99 Å². The van der Waals surface area contributed by atoms with Gasteiger partial charge < -0.3 is 15.5 Å². The second kappa shape index (κ2) is 9.59. The first-order valence-electron chi connectivity index (χ1n) is 8.88. The van der Waals surface area contributed by atoms with E-state index in [2.05, 4.69) is 20.5 Å². The molecule has 0 spiro atoms. The molecule has 1 aliphatic rings. The molecule has 2 N–H and O–H groups in total. The van der Waals surface area contributed by atoms with E-state index in [1.165, 1.54) is 6.07 Å². The number of hydrogen-bond donors (Lipinski definition) is 2. The summed E-state index contributed by atoms with van der Waals surface area (Å²) in [6, 6.07) is 5.23. The van der Waals surface area contributed by atoms with Crippen LogP contribution in [-0.2, 0) is 17.5 Å². The molecule has 1 aliphatic heterocycles. The first kappa shape index (κ1) is 21.0. The van der Waals surface area contributed by atoms with Crippen LogP contribution >= 0.6 is 0 Å². The SMILES string of the molecule is CN=C(NCCN1CCN(C(C)=O)CC1)NCc1cccc(C(F)(F)F)c1. The lowest BCUT2D eigenvalue weighted by Gasteiger charge is -2.34. The third kappa shape index (κ3) is 6.74. The maximum atomic E-state index is 12.8. The number of carbonyl (C=O) groups is 1. The van der Waals surface area contributed by atoms with Crippen LogP contribution in [-0.4, -0.2) is 68.0 Å². The molecule has 27 heavy (non-hydrogen) atoms. The summed E-state index contributed by atoms with van der Waals surface area (Å²) in [6.45, 7) is 6.42. The number of piperazine rings is 1. The normalized spacial score (nSPS) is 16.3. The first-order chi connectivity index (χ1) is 12.8. The van der Waals surface area contributed by atoms with Gasteiger partial charge in [-0.05, 0) is 17.7 Å². The topological polar surface area (TPSA) is 60.0 Å². The second-order valence-electron chi connectivity index (χ2n) is 6.40. The summed E-state index contributed by atoms with van der Waals surface area (Å²) in [7, 11) is 1.62. The monoisotopic (exact) mass is 385 g/mol. The van der Waals surface area contributed by atoms with Crippen LogP contribution in [0.4, 0.5) is 13.2 Å². The zero-order valence-electron chi connectivity index (χ0n) is 15.6. The number of benzene rings is 1. The standard InChI is InChI=1S/C18H26F3N5O/c1-14(27)26-10-8-25(9-11-26)7-6-23-17(22-2)24-13-15-4-3-5-16(12-15)18(19,20)21/h3-5,12H,6-11,13H2,1-2H3,(H2,22,23,24). The smallest absolute Gasteiger partial charge is 0.355 e. The van der Waals surface area contributed by atoms with Crippen molar-refractivity contribution < 1.29 is 18.0 Å². The molecule has 0 bridgehead atoms. The zero-order chi connectivity index (χ0) is 19.9. The highest BCUT2D eigenvalue weighted by molar-refractivity contribution is 5.79. The Hall–Kier alpha value is -2.29. The van der Waals surface area contributed by atoms with E-state index in [9.17, 15) is 18.0 Å². The average molecular weight is 385 g/mol. The van der Waals surface area contributed by atoms with E-state index in [1.54, 1.807) is 20.0 Å². The van der Waals surface area contributed by atoms with Crippen molar-refractivity contribution in [3.05, 3.63) is 35.4 Å². The van der Waals surface area contributed by atoms with E-state index in [4.69, 9.17) is 0 Å². The molecule has 1 amide bonds. The van der Waals surface area contributed by atoms with Crippen molar-refractivity contribution in [1.82, 2.24) is 20.4 Å². The van der Waals surface area contributed by atoms with Crippen molar-refractivity contribution in [1.29, 1.82) is 0 Å². The van der Waals surface area contributed by atoms with E-state index < -0.39 is 11.7 Å². The number of aliphatic imine (C=N–C) groups is 1. The van der Waals surface area contributed by atoms with Crippen molar-refractivity contribution >= 4 is 11.9 Å². The molecule has 0 aliphatic carbocycles. The lowest BCUT2D eigenvalue weighted by molar-refractivity contribution is -0.137. The van der Waals surface area contributed by atoms with E-state index in [0.29, 0.717) is 18.1 Å². The van der Waals surface area contributed by atoms with E-state index in [0.717, 1.165) is 44.9 Å². The highest BCUT2D eigenvalue weighted by Gasteiger charge is 2.30. The van der Waals surface area contributed by atoms with Crippen LogP contribution in [0.3, 0.4) is 0 Å². The number of alkyl halides is 3. The number of nitrogens with zero attached hydrogens (tertiary/aromatic N) is 3. The van der Waals surface area contributed by atoms with Gasteiger partial charge in [0.2, 0.25) is 5.91 Å². The van der Waals surface area contributed by atoms with E-state index >= 15 is 0 Å². The average Bonchev–Trinajstić information content (AvgIpc) is 2.64. The van der Waals surface area contributed by atoms with Crippen molar-refractivity contribution in [3.63, 3.8) is 0 Å². The molecule has 1 fully saturated rings. The molecule has 0 radical (unpaired) electrons. The number of halogens is 3. The van der Waals surface area contributed by atoms with Gasteiger partial charge in [0, 0.05) is 59.8 Å². The van der Waals surface area contributed by atoms with Crippen LogP contribution in [0.15, 0.2) is 29.3 Å². The third-order valence-electron chi connectivity index (χ3n) is 4.48. The van der Waals surface area contributed by atoms with Gasteiger partial charge >= 0.3 is 6.18 Å². The van der Waals surface area contributed by atoms with Crippen LogP contribution < -0.4 is 10.6 Å². The van der Waals surface area contributed by atoms with Crippen LogP contribution in [0, 0.1) is 0 Å². The quantitative estimate of drug-likeness (QED) is 0.596. The number of hydrogen-bond acceptors (Lipinski definition) is 3. The summed E-state index contributed by atoms with van der Waals surface area (Å²) in [5.41, 5.74) is -0.123. The Bertz CT molecular complexity index is 655. The molecule has 1 aromatic rings. The minimum Gasteiger partial charge on any atom is -0.355 e. The minimum atomic E-state index is -4.34. The van der Waals surface area contributed by atoms with Gasteiger partial charge in [-0.2, -0.15) is 13.2 Å². The lowest BCUT2D eigenvalue weighted by atomic mass is 10.1. The van der Waals surface area contributed by atoms with Crippen LogP contribution in [0.2, 0.25) is 0 Å². The Kier molecular flexibility index (Phi) is 7.46. The maximum Gasteiger partial charge on any atom is 0.416 e. The molecule has 1 aromatic carbocycles. The molecule has 9 heteroatoms. The highest BCUT2D eigenvalue weighted by Crippen LogP contribution is 2.29. The predicted octanol–water partition coefficient (Wildman–Crippen LogP) is 1.53. The summed E-state index contributed by atoms with van der Waals surface area (Å²) < 4.78 is 38.3. The van der Waals surface area contributed by atoms with Crippen molar-refractivity contribution in [3.8, 4) is 0 Å². The molecule has 0 saturated carbocycles. The lowest BCUT2D eigenvalue weighted by Crippen LogP contribution is -2.50. The summed E-state index contributed by atoms with van der Waals surface area (Å²) >= 11 is 0. The first-order valence-corrected chi connectivity index (χ1v) is 8.88. The number of amides is 1. The second-order valence-corrected chi connectivity index (χ2v) is 6.40. The third-order valence-corrected chi connectivity index (χ3v) is 4.48. The number of rotatable bonds is 5. The zero-order valence-corrected chi connectivity index (χ0v) is 15.6. The fourth-order valence-electron chi connectivity index (χ4n) is 2.88. The summed E-state index contributed by atoms with van der Waals surface area (Å²) in [5, 5.41) is 6.18. The Morgan fingerprint density at radius 1 is 1.19 bits per heavy atom. The highest BCUT2D eigenvalue weighted by atomic mass is 19.4. The fraction of sp³-hybridized carbons (Fsp3) is 0.556. The van der Waals surface area contributed by atoms with Gasteiger partial charge in [0.05, 0.1) is 5.56 Å². The molecule has 0 aromatic heterocycles. The molecule has 0 atom stereocenters. The van der Waals surface area contributed by atoms with Gasteiger partial charge in [0.1, 0.15) is 0 Å². The van der Waals surface area contributed by atoms with Gasteiger partial charge in [-0.3, -0.25) is 14.7 Å². The molecule has 6 nitrogen and oxygen atoms in total. The van der Waals surface area contributed by atoms with Gasteiger partial charge in [-0.15, -0.1) is 0 Å². The molecule has 2 rings (SSSR count). The Morgan fingerprint density at radius 2 is 1.89 bits per heavy atom. The molecular formula is C18H26F3N5O. The maximum absolute atomic E-state index is 12.8. The van der Waals surface area contributed by atoms with Crippen molar-refractivity contribution in [2.45, 2.75) is 19.6 Å². The Labute approximate surface area is 157 Å². The molecule has 1 heterocycles. The number of carbonyl (C=O) groups excluding carboxylic acids is 1. The Morgan fingerprint density at radius 3 is 2.48 bits per heavy atom. The Balaban J connectivity index is 1.73. The van der Waals surface area contributed by atoms with E-state index in [-0.39, 0.29) is 12.5 Å². The van der Waals surface area contributed by atoms with Crippen molar-refractivity contribution in [2.75, 3.05) is 46.3 Å². The molecule has 1 saturated heterocycles. The minimum absolute atomic E-state index is 0.104. The van der Waals surface area contributed by atoms with Gasteiger partial charge in [-0.25, -0.2) is 0 Å². The molecule has 0 unspecified atom stereocenters. The van der Waals surface area contributed by atoms with Gasteiger partial charge in [0.25, 0.3) is 0 Å². The largest absolute Gasteiger partial charge is 0.416 e. The van der Waals surface area contributed by atoms with Gasteiger partial charge in [0.15, 0.2) is 5.96 Å². The summed E-state index contributed by atoms with van der Waals surface area (Å²) in [4.78, 5) is 19.5.